The molecule has 6 nitrogen and oxygen atoms in total. The lowest BCUT2D eigenvalue weighted by Gasteiger charge is -2.24. The van der Waals surface area contributed by atoms with Crippen LogP contribution in [0.1, 0.15) is 62.9 Å². The number of amides is 3. The van der Waals surface area contributed by atoms with Crippen molar-refractivity contribution in [3.63, 3.8) is 0 Å². The summed E-state index contributed by atoms with van der Waals surface area (Å²) >= 11 is 7.58. The van der Waals surface area contributed by atoms with Crippen molar-refractivity contribution in [1.29, 1.82) is 0 Å². The van der Waals surface area contributed by atoms with Crippen molar-refractivity contribution in [1.82, 2.24) is 9.80 Å². The number of nitrogens with one attached hydrogen (secondary N) is 1. The van der Waals surface area contributed by atoms with Crippen LogP contribution in [0.4, 0.5) is 5.69 Å². The van der Waals surface area contributed by atoms with Gasteiger partial charge in [0.2, 0.25) is 5.91 Å². The summed E-state index contributed by atoms with van der Waals surface area (Å²) < 4.78 is 0. The second-order valence-electron chi connectivity index (χ2n) is 9.64. The molecule has 2 aliphatic heterocycles. The molecule has 8 heteroatoms. The SMILES string of the molecule is O=C(Nc1ccccc1C(=O)N1CCCCCC1)c1ccc([C@H]2SCC(=O)N2Cc2ccc(Cl)cc2)cc1. The summed E-state index contributed by atoms with van der Waals surface area (Å²) in [5.41, 5.74) is 3.49. The summed E-state index contributed by atoms with van der Waals surface area (Å²) in [6, 6.07) is 22.0. The molecule has 0 radical (unpaired) electrons. The maximum absolute atomic E-state index is 13.2. The molecule has 1 atom stereocenters. The summed E-state index contributed by atoms with van der Waals surface area (Å²) in [5.74, 6) is 0.188. The van der Waals surface area contributed by atoms with Gasteiger partial charge < -0.3 is 15.1 Å². The van der Waals surface area contributed by atoms with Crippen LogP contribution in [0, 0.1) is 0 Å². The molecule has 0 bridgehead atoms. The standard InChI is InChI=1S/C30H30ClN3O3S/c31-24-15-9-21(10-16-24)19-34-27(35)20-38-30(34)23-13-11-22(12-14-23)28(36)32-26-8-4-3-7-25(26)29(37)33-17-5-1-2-6-18-33/h3-4,7-16,30H,1-2,5-6,17-20H2,(H,32,36)/t30-/m1/s1. The smallest absolute Gasteiger partial charge is 0.255 e. The number of halogens is 1. The van der Waals surface area contributed by atoms with Crippen LogP contribution in [-0.2, 0) is 11.3 Å². The van der Waals surface area contributed by atoms with Gasteiger partial charge >= 0.3 is 0 Å². The number of thioether (sulfide) groups is 1. The van der Waals surface area contributed by atoms with E-state index in [4.69, 9.17) is 11.6 Å². The number of rotatable bonds is 6. The first-order valence-electron chi connectivity index (χ1n) is 12.9. The summed E-state index contributed by atoms with van der Waals surface area (Å²) in [6.45, 7) is 2.00. The van der Waals surface area contributed by atoms with Crippen LogP contribution in [-0.4, -0.2) is 46.4 Å². The Morgan fingerprint density at radius 2 is 1.58 bits per heavy atom. The molecule has 0 unspecified atom stereocenters. The van der Waals surface area contributed by atoms with Gasteiger partial charge in [0.25, 0.3) is 11.8 Å². The van der Waals surface area contributed by atoms with Crippen LogP contribution < -0.4 is 5.32 Å². The summed E-state index contributed by atoms with van der Waals surface area (Å²) in [5, 5.41) is 3.48. The van der Waals surface area contributed by atoms with Gasteiger partial charge in [0.15, 0.2) is 0 Å². The Morgan fingerprint density at radius 1 is 0.895 bits per heavy atom. The first-order valence-corrected chi connectivity index (χ1v) is 14.4. The Kier molecular flexibility index (Phi) is 8.35. The minimum atomic E-state index is -0.277. The first-order chi connectivity index (χ1) is 18.5. The number of hydrogen-bond acceptors (Lipinski definition) is 4. The second-order valence-corrected chi connectivity index (χ2v) is 11.1. The number of anilines is 1. The van der Waals surface area contributed by atoms with Gasteiger partial charge in [-0.25, -0.2) is 0 Å². The highest BCUT2D eigenvalue weighted by Gasteiger charge is 2.33. The molecule has 2 heterocycles. The predicted octanol–water partition coefficient (Wildman–Crippen LogP) is 6.38. The fraction of sp³-hybridized carbons (Fsp3) is 0.300. The number of benzene rings is 3. The highest BCUT2D eigenvalue weighted by molar-refractivity contribution is 8.00. The van der Waals surface area contributed by atoms with Gasteiger partial charge in [0, 0.05) is 30.2 Å². The average Bonchev–Trinajstić information content (AvgIpc) is 3.12. The van der Waals surface area contributed by atoms with Gasteiger partial charge in [-0.1, -0.05) is 60.8 Å². The van der Waals surface area contributed by atoms with Crippen LogP contribution >= 0.6 is 23.4 Å². The van der Waals surface area contributed by atoms with Crippen molar-refractivity contribution in [3.05, 3.63) is 100 Å². The summed E-state index contributed by atoms with van der Waals surface area (Å²) in [4.78, 5) is 42.7. The summed E-state index contributed by atoms with van der Waals surface area (Å²) in [6.07, 6.45) is 4.30. The zero-order valence-corrected chi connectivity index (χ0v) is 22.6. The molecule has 3 amide bonds. The van der Waals surface area contributed by atoms with Gasteiger partial charge in [-0.3, -0.25) is 14.4 Å². The zero-order chi connectivity index (χ0) is 26.5. The molecule has 5 rings (SSSR count). The molecule has 196 valence electrons. The van der Waals surface area contributed by atoms with Crippen LogP contribution in [0.25, 0.3) is 0 Å². The molecular weight excluding hydrogens is 518 g/mol. The van der Waals surface area contributed by atoms with E-state index in [0.29, 0.717) is 34.1 Å². The monoisotopic (exact) mass is 547 g/mol. The van der Waals surface area contributed by atoms with E-state index in [2.05, 4.69) is 5.32 Å². The van der Waals surface area contributed by atoms with E-state index in [1.807, 2.05) is 58.3 Å². The maximum Gasteiger partial charge on any atom is 0.255 e. The van der Waals surface area contributed by atoms with Crippen molar-refractivity contribution in [2.45, 2.75) is 37.6 Å². The Balaban J connectivity index is 1.28. The normalized spacial score (nSPS) is 17.8. The minimum Gasteiger partial charge on any atom is -0.339 e. The highest BCUT2D eigenvalue weighted by atomic mass is 35.5. The topological polar surface area (TPSA) is 69.7 Å². The average molecular weight is 548 g/mol. The van der Waals surface area contributed by atoms with Gasteiger partial charge in [-0.15, -0.1) is 11.8 Å². The third-order valence-electron chi connectivity index (χ3n) is 6.99. The van der Waals surface area contributed by atoms with Crippen molar-refractivity contribution >= 4 is 46.8 Å². The van der Waals surface area contributed by atoms with E-state index in [-0.39, 0.29) is 23.1 Å². The van der Waals surface area contributed by atoms with E-state index in [0.717, 1.165) is 49.9 Å². The van der Waals surface area contributed by atoms with Crippen LogP contribution in [0.3, 0.4) is 0 Å². The van der Waals surface area contributed by atoms with Crippen molar-refractivity contribution in [2.75, 3.05) is 24.2 Å². The largest absolute Gasteiger partial charge is 0.339 e. The molecular formula is C30H30ClN3O3S. The molecule has 0 aliphatic carbocycles. The molecule has 3 aromatic carbocycles. The first kappa shape index (κ1) is 26.3. The molecule has 1 N–H and O–H groups in total. The van der Waals surface area contributed by atoms with Crippen molar-refractivity contribution < 1.29 is 14.4 Å². The quantitative estimate of drug-likeness (QED) is 0.388. The minimum absolute atomic E-state index is 0.0400. The van der Waals surface area contributed by atoms with Crippen molar-refractivity contribution in [2.24, 2.45) is 0 Å². The summed E-state index contributed by atoms with van der Waals surface area (Å²) in [7, 11) is 0. The predicted molar refractivity (Wildman–Crippen MR) is 152 cm³/mol. The number of carbonyl (C=O) groups excluding carboxylic acids is 3. The number of nitrogens with zero attached hydrogens (tertiary/aromatic N) is 2. The van der Waals surface area contributed by atoms with Gasteiger partial charge in [0.1, 0.15) is 5.37 Å². The number of hydrogen-bond donors (Lipinski definition) is 1. The second kappa shape index (κ2) is 12.0. The van der Waals surface area contributed by atoms with E-state index in [1.165, 1.54) is 0 Å². The Bertz CT molecular complexity index is 1310. The Hall–Kier alpha value is -3.29. The zero-order valence-electron chi connectivity index (χ0n) is 21.1. The maximum atomic E-state index is 13.2. The number of para-hydroxylation sites is 1. The lowest BCUT2D eigenvalue weighted by Crippen LogP contribution is -2.32. The molecule has 0 saturated carbocycles. The van der Waals surface area contributed by atoms with Crippen LogP contribution in [0.15, 0.2) is 72.8 Å². The van der Waals surface area contributed by atoms with E-state index in [1.54, 1.807) is 36.0 Å². The molecule has 0 aromatic heterocycles. The third-order valence-corrected chi connectivity index (χ3v) is 8.50. The lowest BCUT2D eigenvalue weighted by molar-refractivity contribution is -0.128. The number of likely N-dealkylation sites (tertiary alicyclic amines) is 1. The van der Waals surface area contributed by atoms with Crippen LogP contribution in [0.2, 0.25) is 5.02 Å². The fourth-order valence-electron chi connectivity index (χ4n) is 4.90. The van der Waals surface area contributed by atoms with Crippen molar-refractivity contribution in [3.8, 4) is 0 Å². The molecule has 2 fully saturated rings. The van der Waals surface area contributed by atoms with Crippen LogP contribution in [0.5, 0.6) is 0 Å². The Labute approximate surface area is 232 Å². The van der Waals surface area contributed by atoms with E-state index >= 15 is 0 Å². The van der Waals surface area contributed by atoms with Gasteiger partial charge in [-0.2, -0.15) is 0 Å². The number of carbonyl (C=O) groups is 3. The molecule has 2 saturated heterocycles. The molecule has 2 aliphatic rings. The third kappa shape index (κ3) is 6.05. The fourth-order valence-corrected chi connectivity index (χ4v) is 6.22. The lowest BCUT2D eigenvalue weighted by atomic mass is 10.1. The Morgan fingerprint density at radius 3 is 2.29 bits per heavy atom. The highest BCUT2D eigenvalue weighted by Crippen LogP contribution is 2.39. The van der Waals surface area contributed by atoms with Gasteiger partial charge in [-0.05, 0) is 60.4 Å². The van der Waals surface area contributed by atoms with E-state index < -0.39 is 0 Å². The molecule has 38 heavy (non-hydrogen) atoms. The molecule has 0 spiro atoms. The van der Waals surface area contributed by atoms with E-state index in [9.17, 15) is 14.4 Å². The molecule has 3 aromatic rings. The van der Waals surface area contributed by atoms with Gasteiger partial charge in [0.05, 0.1) is 17.0 Å².